The summed E-state index contributed by atoms with van der Waals surface area (Å²) in [5.41, 5.74) is 0.874. The lowest BCUT2D eigenvalue weighted by Crippen LogP contribution is -2.37. The molecule has 0 amide bonds. The lowest BCUT2D eigenvalue weighted by Gasteiger charge is -2.25. The maximum absolute atomic E-state index is 12.9. The maximum atomic E-state index is 12.9. The summed E-state index contributed by atoms with van der Waals surface area (Å²) in [5, 5.41) is 3.41. The minimum Gasteiger partial charge on any atom is -0.310 e. The van der Waals surface area contributed by atoms with Crippen molar-refractivity contribution >= 4 is 10.0 Å². The first kappa shape index (κ1) is 15.0. The molecule has 1 aromatic carbocycles. The van der Waals surface area contributed by atoms with Crippen LogP contribution < -0.4 is 5.32 Å². The van der Waals surface area contributed by atoms with E-state index in [0.717, 1.165) is 18.4 Å². The fraction of sp³-hybridized carbons (Fsp3) is 0.625. The van der Waals surface area contributed by atoms with Gasteiger partial charge in [-0.25, -0.2) is 8.42 Å². The number of benzene rings is 1. The summed E-state index contributed by atoms with van der Waals surface area (Å²) in [6.07, 6.45) is 4.69. The Labute approximate surface area is 127 Å². The predicted octanol–water partition coefficient (Wildman–Crippen LogP) is 2.36. The third-order valence-electron chi connectivity index (χ3n) is 4.67. The molecule has 0 heterocycles. The van der Waals surface area contributed by atoms with E-state index in [1.165, 1.54) is 12.8 Å². The first-order chi connectivity index (χ1) is 10.00. The van der Waals surface area contributed by atoms with Gasteiger partial charge in [-0.2, -0.15) is 4.31 Å². The van der Waals surface area contributed by atoms with Gasteiger partial charge in [-0.15, -0.1) is 0 Å². The average Bonchev–Trinajstić information content (AvgIpc) is 3.37. The summed E-state index contributed by atoms with van der Waals surface area (Å²) >= 11 is 0. The number of sulfonamides is 1. The molecule has 1 atom stereocenters. The zero-order chi connectivity index (χ0) is 15.0. The number of nitrogens with one attached hydrogen (secondary N) is 1. The SMILES string of the molecule is CC(C1CC1)N(C)S(=O)(=O)c1ccccc1CNC1CC1. The Balaban J connectivity index is 1.82. The number of nitrogens with zero attached hydrogens (tertiary/aromatic N) is 1. The topological polar surface area (TPSA) is 49.4 Å². The summed E-state index contributed by atoms with van der Waals surface area (Å²) in [4.78, 5) is 0.452. The molecule has 21 heavy (non-hydrogen) atoms. The number of hydrogen-bond donors (Lipinski definition) is 1. The zero-order valence-electron chi connectivity index (χ0n) is 12.7. The van der Waals surface area contributed by atoms with E-state index in [1.807, 2.05) is 25.1 Å². The van der Waals surface area contributed by atoms with Gasteiger partial charge < -0.3 is 5.32 Å². The summed E-state index contributed by atoms with van der Waals surface area (Å²) in [5.74, 6) is 0.529. The largest absolute Gasteiger partial charge is 0.310 e. The van der Waals surface area contributed by atoms with Gasteiger partial charge in [0.2, 0.25) is 10.0 Å². The van der Waals surface area contributed by atoms with Crippen molar-refractivity contribution in [2.24, 2.45) is 5.92 Å². The van der Waals surface area contributed by atoms with Gasteiger partial charge in [-0.05, 0) is 50.2 Å². The Kier molecular flexibility index (Phi) is 4.08. The summed E-state index contributed by atoms with van der Waals surface area (Å²) in [6, 6.07) is 8.02. The van der Waals surface area contributed by atoms with Crippen molar-refractivity contribution in [3.05, 3.63) is 29.8 Å². The molecule has 0 aromatic heterocycles. The predicted molar refractivity (Wildman–Crippen MR) is 83.4 cm³/mol. The van der Waals surface area contributed by atoms with Crippen LogP contribution in [0.4, 0.5) is 0 Å². The third-order valence-corrected chi connectivity index (χ3v) is 6.71. The van der Waals surface area contributed by atoms with Crippen LogP contribution in [0.1, 0.15) is 38.2 Å². The van der Waals surface area contributed by atoms with Crippen LogP contribution in [0.25, 0.3) is 0 Å². The monoisotopic (exact) mass is 308 g/mol. The van der Waals surface area contributed by atoms with Crippen LogP contribution in [-0.4, -0.2) is 31.9 Å². The first-order valence-corrected chi connectivity index (χ1v) is 9.23. The fourth-order valence-corrected chi connectivity index (χ4v) is 4.34. The number of hydrogen-bond acceptors (Lipinski definition) is 3. The van der Waals surface area contributed by atoms with Crippen LogP contribution in [0.15, 0.2) is 29.2 Å². The van der Waals surface area contributed by atoms with Gasteiger partial charge in [0.15, 0.2) is 0 Å². The van der Waals surface area contributed by atoms with Gasteiger partial charge in [-0.1, -0.05) is 18.2 Å². The molecule has 1 N–H and O–H groups in total. The maximum Gasteiger partial charge on any atom is 0.243 e. The highest BCUT2D eigenvalue weighted by Gasteiger charge is 2.36. The van der Waals surface area contributed by atoms with E-state index in [-0.39, 0.29) is 6.04 Å². The van der Waals surface area contributed by atoms with Crippen molar-refractivity contribution in [1.29, 1.82) is 0 Å². The van der Waals surface area contributed by atoms with Gasteiger partial charge in [0.1, 0.15) is 0 Å². The van der Waals surface area contributed by atoms with Gasteiger partial charge >= 0.3 is 0 Å². The van der Waals surface area contributed by atoms with E-state index in [1.54, 1.807) is 17.4 Å². The third kappa shape index (κ3) is 3.30. The standard InChI is InChI=1S/C16H24N2O2S/c1-12(13-7-8-13)18(2)21(19,20)16-6-4-3-5-14(16)11-17-15-9-10-15/h3-6,12-13,15,17H,7-11H2,1-2H3. The number of rotatable bonds is 7. The summed E-state index contributed by atoms with van der Waals surface area (Å²) in [6.45, 7) is 2.64. The van der Waals surface area contributed by atoms with Crippen molar-refractivity contribution in [1.82, 2.24) is 9.62 Å². The van der Waals surface area contributed by atoms with E-state index < -0.39 is 10.0 Å². The smallest absolute Gasteiger partial charge is 0.243 e. The minimum absolute atomic E-state index is 0.0828. The van der Waals surface area contributed by atoms with E-state index in [2.05, 4.69) is 5.32 Å². The zero-order valence-corrected chi connectivity index (χ0v) is 13.6. The molecule has 0 spiro atoms. The van der Waals surface area contributed by atoms with Crippen LogP contribution in [0, 0.1) is 5.92 Å². The molecule has 5 heteroatoms. The van der Waals surface area contributed by atoms with Crippen molar-refractivity contribution < 1.29 is 8.42 Å². The van der Waals surface area contributed by atoms with Crippen LogP contribution in [0.5, 0.6) is 0 Å². The van der Waals surface area contributed by atoms with Crippen molar-refractivity contribution in [3.63, 3.8) is 0 Å². The summed E-state index contributed by atoms with van der Waals surface area (Å²) < 4.78 is 27.3. The van der Waals surface area contributed by atoms with Crippen LogP contribution in [0.2, 0.25) is 0 Å². The van der Waals surface area contributed by atoms with Crippen molar-refractivity contribution in [2.45, 2.75) is 56.1 Å². The second-order valence-corrected chi connectivity index (χ2v) is 8.33. The van der Waals surface area contributed by atoms with Gasteiger partial charge in [0, 0.05) is 25.7 Å². The molecular weight excluding hydrogens is 284 g/mol. The molecule has 2 aliphatic rings. The lowest BCUT2D eigenvalue weighted by atomic mass is 10.2. The Morgan fingerprint density at radius 3 is 2.52 bits per heavy atom. The van der Waals surface area contributed by atoms with Crippen LogP contribution in [0.3, 0.4) is 0 Å². The highest BCUT2D eigenvalue weighted by atomic mass is 32.2. The lowest BCUT2D eigenvalue weighted by molar-refractivity contribution is 0.356. The second-order valence-electron chi connectivity index (χ2n) is 6.36. The van der Waals surface area contributed by atoms with Gasteiger partial charge in [-0.3, -0.25) is 0 Å². The van der Waals surface area contributed by atoms with E-state index in [9.17, 15) is 8.42 Å². The molecule has 116 valence electrons. The molecule has 0 bridgehead atoms. The normalized spacial score (nSPS) is 20.7. The van der Waals surface area contributed by atoms with Crippen molar-refractivity contribution in [2.75, 3.05) is 7.05 Å². The Morgan fingerprint density at radius 2 is 1.90 bits per heavy atom. The first-order valence-electron chi connectivity index (χ1n) is 7.79. The second kappa shape index (κ2) is 5.71. The highest BCUT2D eigenvalue weighted by Crippen LogP contribution is 2.36. The molecule has 1 unspecified atom stereocenters. The van der Waals surface area contributed by atoms with Gasteiger partial charge in [0.25, 0.3) is 0 Å². The minimum atomic E-state index is -3.41. The highest BCUT2D eigenvalue weighted by molar-refractivity contribution is 7.89. The van der Waals surface area contributed by atoms with Crippen LogP contribution >= 0.6 is 0 Å². The van der Waals surface area contributed by atoms with E-state index in [4.69, 9.17) is 0 Å². The molecule has 4 nitrogen and oxygen atoms in total. The molecule has 0 aliphatic heterocycles. The Bertz CT molecular complexity index is 606. The molecular formula is C16H24N2O2S. The molecule has 0 saturated heterocycles. The van der Waals surface area contributed by atoms with E-state index >= 15 is 0 Å². The average molecular weight is 308 g/mol. The molecule has 2 fully saturated rings. The molecule has 3 rings (SSSR count). The molecule has 1 aromatic rings. The van der Waals surface area contributed by atoms with E-state index in [0.29, 0.717) is 23.4 Å². The molecule has 2 saturated carbocycles. The Hall–Kier alpha value is -0.910. The quantitative estimate of drug-likeness (QED) is 0.841. The van der Waals surface area contributed by atoms with Gasteiger partial charge in [0.05, 0.1) is 4.90 Å². The Morgan fingerprint density at radius 1 is 1.24 bits per heavy atom. The van der Waals surface area contributed by atoms with Crippen molar-refractivity contribution in [3.8, 4) is 0 Å². The summed E-state index contributed by atoms with van der Waals surface area (Å²) in [7, 11) is -1.70. The molecule has 2 aliphatic carbocycles. The fourth-order valence-electron chi connectivity index (χ4n) is 2.69. The molecule has 0 radical (unpaired) electrons. The van der Waals surface area contributed by atoms with Crippen LogP contribution in [-0.2, 0) is 16.6 Å².